The van der Waals surface area contributed by atoms with Crippen molar-refractivity contribution in [1.29, 1.82) is 0 Å². The lowest BCUT2D eigenvalue weighted by Crippen LogP contribution is -2.47. The zero-order valence-electron chi connectivity index (χ0n) is 10.1. The number of halogens is 2. The highest BCUT2D eigenvalue weighted by atomic mass is 35.5. The van der Waals surface area contributed by atoms with Crippen LogP contribution in [0.1, 0.15) is 25.8 Å². The second kappa shape index (κ2) is 6.27. The first-order valence-electron chi connectivity index (χ1n) is 5.61. The highest BCUT2D eigenvalue weighted by Gasteiger charge is 2.23. The van der Waals surface area contributed by atoms with E-state index in [0.29, 0.717) is 10.9 Å². The van der Waals surface area contributed by atoms with E-state index >= 15 is 0 Å². The predicted molar refractivity (Wildman–Crippen MR) is 72.7 cm³/mol. The third-order valence-electron chi connectivity index (χ3n) is 2.83. The number of alkyl halides is 1. The van der Waals surface area contributed by atoms with Gasteiger partial charge in [-0.1, -0.05) is 36.7 Å². The SMILES string of the molecule is CCC(C)(CCl)NC(=O)Cc1ccccc1Cl. The van der Waals surface area contributed by atoms with Gasteiger partial charge in [0.05, 0.1) is 12.0 Å². The van der Waals surface area contributed by atoms with Crippen molar-refractivity contribution in [2.75, 3.05) is 5.88 Å². The van der Waals surface area contributed by atoms with Gasteiger partial charge in [0.1, 0.15) is 0 Å². The van der Waals surface area contributed by atoms with Crippen molar-refractivity contribution in [3.8, 4) is 0 Å². The summed E-state index contributed by atoms with van der Waals surface area (Å²) in [5, 5.41) is 3.56. The predicted octanol–water partition coefficient (Wildman–Crippen LogP) is 3.41. The lowest BCUT2D eigenvalue weighted by atomic mass is 10.0. The van der Waals surface area contributed by atoms with Crippen molar-refractivity contribution in [2.24, 2.45) is 0 Å². The molecular formula is C13H17Cl2NO. The average molecular weight is 274 g/mol. The van der Waals surface area contributed by atoms with Crippen molar-refractivity contribution in [3.05, 3.63) is 34.9 Å². The number of carbonyl (C=O) groups excluding carboxylic acids is 1. The fourth-order valence-electron chi connectivity index (χ4n) is 1.41. The summed E-state index contributed by atoms with van der Waals surface area (Å²) in [4.78, 5) is 11.9. The van der Waals surface area contributed by atoms with Crippen LogP contribution < -0.4 is 5.32 Å². The Balaban J connectivity index is 2.65. The minimum absolute atomic E-state index is 0.0527. The van der Waals surface area contributed by atoms with Crippen LogP contribution in [0.2, 0.25) is 5.02 Å². The van der Waals surface area contributed by atoms with Crippen LogP contribution in [-0.2, 0) is 11.2 Å². The molecule has 1 rings (SSSR count). The quantitative estimate of drug-likeness (QED) is 0.819. The van der Waals surface area contributed by atoms with E-state index in [4.69, 9.17) is 23.2 Å². The molecule has 1 N–H and O–H groups in total. The number of nitrogens with one attached hydrogen (secondary N) is 1. The summed E-state index contributed by atoms with van der Waals surface area (Å²) in [5.74, 6) is 0.348. The van der Waals surface area contributed by atoms with Gasteiger partial charge in [0.2, 0.25) is 5.91 Å². The summed E-state index contributed by atoms with van der Waals surface area (Å²) in [6, 6.07) is 7.35. The number of carbonyl (C=O) groups is 1. The lowest BCUT2D eigenvalue weighted by Gasteiger charge is -2.27. The van der Waals surface area contributed by atoms with E-state index in [1.165, 1.54) is 0 Å². The summed E-state index contributed by atoms with van der Waals surface area (Å²) in [6.45, 7) is 3.93. The normalized spacial score (nSPS) is 14.1. The highest BCUT2D eigenvalue weighted by molar-refractivity contribution is 6.31. The van der Waals surface area contributed by atoms with E-state index in [1.54, 1.807) is 6.07 Å². The molecule has 1 aromatic carbocycles. The summed E-state index contributed by atoms with van der Waals surface area (Å²) in [5.41, 5.74) is 0.486. The number of amides is 1. The minimum Gasteiger partial charge on any atom is -0.349 e. The average Bonchev–Trinajstić information content (AvgIpc) is 2.32. The van der Waals surface area contributed by atoms with Gasteiger partial charge in [-0.2, -0.15) is 0 Å². The Labute approximate surface area is 112 Å². The lowest BCUT2D eigenvalue weighted by molar-refractivity contribution is -0.122. The Hall–Kier alpha value is -0.730. The molecule has 4 heteroatoms. The van der Waals surface area contributed by atoms with E-state index in [-0.39, 0.29) is 17.9 Å². The summed E-state index contributed by atoms with van der Waals surface area (Å²) in [6.07, 6.45) is 1.08. The number of hydrogen-bond acceptors (Lipinski definition) is 1. The van der Waals surface area contributed by atoms with Gasteiger partial charge in [0.15, 0.2) is 0 Å². The molecule has 0 saturated carbocycles. The van der Waals surface area contributed by atoms with Gasteiger partial charge in [0.25, 0.3) is 0 Å². The third kappa shape index (κ3) is 4.21. The molecule has 1 amide bonds. The van der Waals surface area contributed by atoms with E-state index in [1.807, 2.05) is 32.0 Å². The molecule has 0 radical (unpaired) electrons. The molecule has 1 aromatic rings. The second-order valence-corrected chi connectivity index (χ2v) is 5.04. The van der Waals surface area contributed by atoms with Crippen LogP contribution in [0.25, 0.3) is 0 Å². The van der Waals surface area contributed by atoms with Gasteiger partial charge >= 0.3 is 0 Å². The van der Waals surface area contributed by atoms with Crippen molar-refractivity contribution in [1.82, 2.24) is 5.32 Å². The zero-order chi connectivity index (χ0) is 12.9. The summed E-state index contributed by atoms with van der Waals surface area (Å²) < 4.78 is 0. The molecule has 0 aliphatic heterocycles. The number of benzene rings is 1. The van der Waals surface area contributed by atoms with E-state index in [0.717, 1.165) is 12.0 Å². The smallest absolute Gasteiger partial charge is 0.224 e. The molecule has 0 aliphatic carbocycles. The standard InChI is InChI=1S/C13H17Cl2NO/c1-3-13(2,9-14)16-12(17)8-10-6-4-5-7-11(10)15/h4-7H,3,8-9H2,1-2H3,(H,16,17). The van der Waals surface area contributed by atoms with Crippen molar-refractivity contribution < 1.29 is 4.79 Å². The van der Waals surface area contributed by atoms with E-state index < -0.39 is 0 Å². The molecule has 17 heavy (non-hydrogen) atoms. The molecule has 0 aliphatic rings. The fraction of sp³-hybridized carbons (Fsp3) is 0.462. The summed E-state index contributed by atoms with van der Waals surface area (Å²) >= 11 is 11.8. The molecule has 1 atom stereocenters. The van der Waals surface area contributed by atoms with Gasteiger partial charge in [0, 0.05) is 10.9 Å². The monoisotopic (exact) mass is 273 g/mol. The first-order chi connectivity index (χ1) is 8.00. The number of hydrogen-bond donors (Lipinski definition) is 1. The van der Waals surface area contributed by atoms with E-state index in [2.05, 4.69) is 5.32 Å². The molecule has 1 unspecified atom stereocenters. The maximum atomic E-state index is 11.9. The van der Waals surface area contributed by atoms with Crippen LogP contribution in [0.5, 0.6) is 0 Å². The Morgan fingerprint density at radius 3 is 2.59 bits per heavy atom. The van der Waals surface area contributed by atoms with Crippen molar-refractivity contribution in [2.45, 2.75) is 32.2 Å². The molecule has 0 spiro atoms. The molecule has 2 nitrogen and oxygen atoms in total. The van der Waals surface area contributed by atoms with Crippen molar-refractivity contribution in [3.63, 3.8) is 0 Å². The molecule has 0 bridgehead atoms. The Kier molecular flexibility index (Phi) is 5.29. The maximum Gasteiger partial charge on any atom is 0.224 e. The first-order valence-corrected chi connectivity index (χ1v) is 6.52. The largest absolute Gasteiger partial charge is 0.349 e. The summed E-state index contributed by atoms with van der Waals surface area (Å²) in [7, 11) is 0. The molecule has 0 saturated heterocycles. The van der Waals surface area contributed by atoms with Crippen LogP contribution >= 0.6 is 23.2 Å². The van der Waals surface area contributed by atoms with Crippen LogP contribution in [0.3, 0.4) is 0 Å². The van der Waals surface area contributed by atoms with Gasteiger partial charge in [-0.25, -0.2) is 0 Å². The highest BCUT2D eigenvalue weighted by Crippen LogP contribution is 2.16. The fourth-order valence-corrected chi connectivity index (χ4v) is 1.87. The van der Waals surface area contributed by atoms with Gasteiger partial charge < -0.3 is 5.32 Å². The third-order valence-corrected chi connectivity index (χ3v) is 3.78. The Morgan fingerprint density at radius 2 is 2.06 bits per heavy atom. The van der Waals surface area contributed by atoms with E-state index in [9.17, 15) is 4.79 Å². The maximum absolute atomic E-state index is 11.9. The van der Waals surface area contributed by atoms with Crippen LogP contribution in [0, 0.1) is 0 Å². The van der Waals surface area contributed by atoms with Crippen LogP contribution in [-0.4, -0.2) is 17.3 Å². The zero-order valence-corrected chi connectivity index (χ0v) is 11.6. The first kappa shape index (κ1) is 14.3. The molecular weight excluding hydrogens is 257 g/mol. The molecule has 94 valence electrons. The topological polar surface area (TPSA) is 29.1 Å². The molecule has 0 aromatic heterocycles. The minimum atomic E-state index is -0.347. The van der Waals surface area contributed by atoms with Crippen molar-refractivity contribution >= 4 is 29.1 Å². The van der Waals surface area contributed by atoms with Gasteiger partial charge in [-0.3, -0.25) is 4.79 Å². The Bertz CT molecular complexity index is 389. The second-order valence-electron chi connectivity index (χ2n) is 4.36. The molecule has 0 fully saturated rings. The number of rotatable bonds is 5. The molecule has 0 heterocycles. The van der Waals surface area contributed by atoms with Crippen LogP contribution in [0.15, 0.2) is 24.3 Å². The van der Waals surface area contributed by atoms with Crippen LogP contribution in [0.4, 0.5) is 0 Å². The van der Waals surface area contributed by atoms with Gasteiger partial charge in [-0.05, 0) is 25.0 Å². The Morgan fingerprint density at radius 1 is 1.41 bits per heavy atom. The van der Waals surface area contributed by atoms with Gasteiger partial charge in [-0.15, -0.1) is 11.6 Å².